The zero-order chi connectivity index (χ0) is 18.4. The van der Waals surface area contributed by atoms with Crippen LogP contribution in [0.3, 0.4) is 0 Å². The molecule has 1 saturated heterocycles. The van der Waals surface area contributed by atoms with Gasteiger partial charge in [-0.25, -0.2) is 4.98 Å². The van der Waals surface area contributed by atoms with Crippen molar-refractivity contribution in [1.82, 2.24) is 19.8 Å². The highest BCUT2D eigenvalue weighted by Crippen LogP contribution is 2.20. The Labute approximate surface area is 154 Å². The molecular formula is C20H26N4O2. The van der Waals surface area contributed by atoms with Gasteiger partial charge in [-0.3, -0.25) is 9.59 Å². The van der Waals surface area contributed by atoms with Crippen molar-refractivity contribution >= 4 is 11.8 Å². The summed E-state index contributed by atoms with van der Waals surface area (Å²) in [5.41, 5.74) is 0.987. The van der Waals surface area contributed by atoms with Crippen LogP contribution in [0, 0.1) is 0 Å². The summed E-state index contributed by atoms with van der Waals surface area (Å²) in [7, 11) is 1.92. The van der Waals surface area contributed by atoms with Crippen molar-refractivity contribution in [1.29, 1.82) is 0 Å². The largest absolute Gasteiger partial charge is 0.342 e. The van der Waals surface area contributed by atoms with E-state index < -0.39 is 0 Å². The van der Waals surface area contributed by atoms with Crippen LogP contribution in [-0.4, -0.2) is 39.4 Å². The van der Waals surface area contributed by atoms with E-state index in [1.807, 2.05) is 53.0 Å². The Morgan fingerprint density at radius 2 is 2.04 bits per heavy atom. The highest BCUT2D eigenvalue weighted by atomic mass is 16.2. The van der Waals surface area contributed by atoms with E-state index in [0.717, 1.165) is 37.2 Å². The highest BCUT2D eigenvalue weighted by Gasteiger charge is 2.22. The van der Waals surface area contributed by atoms with Gasteiger partial charge in [-0.2, -0.15) is 0 Å². The molecule has 1 aliphatic heterocycles. The zero-order valence-electron chi connectivity index (χ0n) is 15.2. The number of imidazole rings is 1. The number of aromatic nitrogens is 2. The number of nitrogens with zero attached hydrogens (tertiary/aromatic N) is 3. The van der Waals surface area contributed by atoms with Crippen LogP contribution in [0.4, 0.5) is 0 Å². The van der Waals surface area contributed by atoms with Crippen LogP contribution in [0.25, 0.3) is 0 Å². The predicted octanol–water partition coefficient (Wildman–Crippen LogP) is 2.42. The van der Waals surface area contributed by atoms with Crippen molar-refractivity contribution in [2.75, 3.05) is 13.1 Å². The van der Waals surface area contributed by atoms with Gasteiger partial charge in [0.15, 0.2) is 0 Å². The number of nitrogens with one attached hydrogen (secondary N) is 1. The van der Waals surface area contributed by atoms with Gasteiger partial charge in [-0.1, -0.05) is 36.8 Å². The first-order valence-corrected chi connectivity index (χ1v) is 9.24. The lowest BCUT2D eigenvalue weighted by Gasteiger charge is -2.22. The summed E-state index contributed by atoms with van der Waals surface area (Å²) in [5, 5.41) is 3.09. The third kappa shape index (κ3) is 4.50. The minimum Gasteiger partial charge on any atom is -0.342 e. The topological polar surface area (TPSA) is 67.2 Å². The average molecular weight is 354 g/mol. The molecule has 2 amide bonds. The molecule has 0 saturated carbocycles. The molecule has 6 heteroatoms. The lowest BCUT2D eigenvalue weighted by molar-refractivity contribution is -0.131. The molecular weight excluding hydrogens is 328 g/mol. The average Bonchev–Trinajstić information content (AvgIpc) is 2.96. The number of hydrogen-bond acceptors (Lipinski definition) is 3. The van der Waals surface area contributed by atoms with E-state index >= 15 is 0 Å². The highest BCUT2D eigenvalue weighted by molar-refractivity contribution is 5.79. The second kappa shape index (κ2) is 8.65. The summed E-state index contributed by atoms with van der Waals surface area (Å²) in [6.45, 7) is 1.24. The Hall–Kier alpha value is -2.63. The molecule has 1 aromatic heterocycles. The fourth-order valence-corrected chi connectivity index (χ4v) is 3.34. The molecule has 1 aromatic carbocycles. The summed E-state index contributed by atoms with van der Waals surface area (Å²) in [6.07, 6.45) is 7.56. The number of benzene rings is 1. The number of aryl methyl sites for hydroxylation is 1. The Bertz CT molecular complexity index is 741. The number of hydrogen-bond donors (Lipinski definition) is 1. The van der Waals surface area contributed by atoms with Crippen LogP contribution in [0.1, 0.15) is 49.5 Å². The molecule has 1 aliphatic rings. The van der Waals surface area contributed by atoms with E-state index in [1.54, 1.807) is 6.20 Å². The summed E-state index contributed by atoms with van der Waals surface area (Å²) in [4.78, 5) is 30.9. The first kappa shape index (κ1) is 18.2. The summed E-state index contributed by atoms with van der Waals surface area (Å²) < 4.78 is 1.91. The van der Waals surface area contributed by atoms with Gasteiger partial charge in [-0.05, 0) is 18.4 Å². The van der Waals surface area contributed by atoms with Crippen molar-refractivity contribution in [3.8, 4) is 0 Å². The first-order chi connectivity index (χ1) is 12.6. The molecule has 2 heterocycles. The van der Waals surface area contributed by atoms with Crippen LogP contribution in [0.15, 0.2) is 42.7 Å². The summed E-state index contributed by atoms with van der Waals surface area (Å²) >= 11 is 0. The minimum absolute atomic E-state index is 0.0705. The normalized spacial score (nSPS) is 16.2. The molecule has 26 heavy (non-hydrogen) atoms. The van der Waals surface area contributed by atoms with Crippen molar-refractivity contribution in [2.24, 2.45) is 7.05 Å². The molecule has 0 radical (unpaired) electrons. The fourth-order valence-electron chi connectivity index (χ4n) is 3.34. The van der Waals surface area contributed by atoms with Crippen LogP contribution in [0.2, 0.25) is 0 Å². The fraction of sp³-hybridized carbons (Fsp3) is 0.450. The standard InChI is InChI=1S/C20H26N4O2/c1-23-15-12-21-20(23)19(16-8-4-2-5-9-16)22-17(25)11-14-24-13-7-3-6-10-18(24)26/h2,4-5,8-9,12,15,19H,3,6-7,10-11,13-14H2,1H3,(H,22,25)/t19-/m1/s1. The minimum atomic E-state index is -0.302. The zero-order valence-corrected chi connectivity index (χ0v) is 15.2. The molecule has 1 fully saturated rings. The maximum absolute atomic E-state index is 12.6. The van der Waals surface area contributed by atoms with Gasteiger partial charge in [0.25, 0.3) is 0 Å². The lowest BCUT2D eigenvalue weighted by atomic mass is 10.1. The SMILES string of the molecule is Cn1ccnc1[C@H](NC(=O)CCN1CCCCCC1=O)c1ccccc1. The van der Waals surface area contributed by atoms with E-state index in [4.69, 9.17) is 0 Å². The second-order valence-corrected chi connectivity index (χ2v) is 6.75. The van der Waals surface area contributed by atoms with Crippen LogP contribution < -0.4 is 5.32 Å². The van der Waals surface area contributed by atoms with Gasteiger partial charge in [-0.15, -0.1) is 0 Å². The number of likely N-dealkylation sites (tertiary alicyclic amines) is 1. The molecule has 1 atom stereocenters. The maximum atomic E-state index is 12.6. The monoisotopic (exact) mass is 354 g/mol. The van der Waals surface area contributed by atoms with Crippen LogP contribution >= 0.6 is 0 Å². The molecule has 1 N–H and O–H groups in total. The maximum Gasteiger partial charge on any atom is 0.222 e. The van der Waals surface area contributed by atoms with E-state index in [-0.39, 0.29) is 17.9 Å². The number of carbonyl (C=O) groups is 2. The van der Waals surface area contributed by atoms with Crippen molar-refractivity contribution in [3.63, 3.8) is 0 Å². The lowest BCUT2D eigenvalue weighted by Crippen LogP contribution is -2.36. The molecule has 6 nitrogen and oxygen atoms in total. The van der Waals surface area contributed by atoms with Crippen LogP contribution in [0.5, 0.6) is 0 Å². The quantitative estimate of drug-likeness (QED) is 0.866. The number of amides is 2. The summed E-state index contributed by atoms with van der Waals surface area (Å²) in [5.74, 6) is 0.883. The van der Waals surface area contributed by atoms with E-state index in [1.165, 1.54) is 0 Å². The molecule has 2 aromatic rings. The van der Waals surface area contributed by atoms with Crippen molar-refractivity contribution in [3.05, 3.63) is 54.1 Å². The van der Waals surface area contributed by atoms with Gasteiger partial charge in [0.05, 0.1) is 0 Å². The van der Waals surface area contributed by atoms with Crippen molar-refractivity contribution in [2.45, 2.75) is 38.1 Å². The van der Waals surface area contributed by atoms with Gasteiger partial charge in [0, 0.05) is 45.4 Å². The third-order valence-electron chi connectivity index (χ3n) is 4.84. The summed E-state index contributed by atoms with van der Waals surface area (Å²) in [6, 6.07) is 9.52. The molecule has 0 unspecified atom stereocenters. The third-order valence-corrected chi connectivity index (χ3v) is 4.84. The second-order valence-electron chi connectivity index (χ2n) is 6.75. The smallest absolute Gasteiger partial charge is 0.222 e. The predicted molar refractivity (Wildman–Crippen MR) is 99.3 cm³/mol. The van der Waals surface area contributed by atoms with Gasteiger partial charge < -0.3 is 14.8 Å². The molecule has 0 spiro atoms. The first-order valence-electron chi connectivity index (χ1n) is 9.24. The number of rotatable bonds is 6. The molecule has 0 aliphatic carbocycles. The van der Waals surface area contributed by atoms with E-state index in [9.17, 15) is 9.59 Å². The molecule has 138 valence electrons. The van der Waals surface area contributed by atoms with Gasteiger partial charge >= 0.3 is 0 Å². The Morgan fingerprint density at radius 1 is 1.23 bits per heavy atom. The van der Waals surface area contributed by atoms with Gasteiger partial charge in [0.1, 0.15) is 11.9 Å². The Balaban J connectivity index is 1.66. The molecule has 0 bridgehead atoms. The van der Waals surface area contributed by atoms with E-state index in [2.05, 4.69) is 10.3 Å². The van der Waals surface area contributed by atoms with Crippen molar-refractivity contribution < 1.29 is 9.59 Å². The van der Waals surface area contributed by atoms with E-state index in [0.29, 0.717) is 19.4 Å². The number of carbonyl (C=O) groups excluding carboxylic acids is 2. The Kier molecular flexibility index (Phi) is 6.04. The molecule has 3 rings (SSSR count). The van der Waals surface area contributed by atoms with Gasteiger partial charge in [0.2, 0.25) is 11.8 Å². The van der Waals surface area contributed by atoms with Crippen LogP contribution in [-0.2, 0) is 16.6 Å². The Morgan fingerprint density at radius 3 is 2.77 bits per heavy atom.